The summed E-state index contributed by atoms with van der Waals surface area (Å²) in [6.07, 6.45) is 7.93. The lowest BCUT2D eigenvalue weighted by atomic mass is 9.90. The van der Waals surface area contributed by atoms with Crippen molar-refractivity contribution in [3.63, 3.8) is 0 Å². The van der Waals surface area contributed by atoms with E-state index in [1.54, 1.807) is 0 Å². The highest BCUT2D eigenvalue weighted by Crippen LogP contribution is 2.27. The zero-order valence-corrected chi connectivity index (χ0v) is 11.5. The summed E-state index contributed by atoms with van der Waals surface area (Å²) in [5, 5.41) is 12.3. The second-order valence-corrected chi connectivity index (χ2v) is 5.43. The lowest BCUT2D eigenvalue weighted by molar-refractivity contribution is -0.0778. The molecule has 0 saturated carbocycles. The first-order valence-corrected chi connectivity index (χ1v) is 7.18. The lowest BCUT2D eigenvalue weighted by Gasteiger charge is -2.38. The second-order valence-electron chi connectivity index (χ2n) is 5.43. The van der Waals surface area contributed by atoms with Gasteiger partial charge in [0.05, 0.1) is 5.60 Å². The molecule has 2 unspecified atom stereocenters. The highest BCUT2D eigenvalue weighted by Gasteiger charge is 2.30. The van der Waals surface area contributed by atoms with Crippen LogP contribution in [0.5, 0.6) is 0 Å². The van der Waals surface area contributed by atoms with Gasteiger partial charge >= 0.3 is 0 Å². The molecule has 1 fully saturated rings. The largest absolute Gasteiger partial charge is 0.396 e. The molecule has 0 spiro atoms. The van der Waals surface area contributed by atoms with E-state index in [0.717, 1.165) is 45.3 Å². The molecule has 0 aromatic rings. The van der Waals surface area contributed by atoms with E-state index in [4.69, 9.17) is 9.84 Å². The minimum Gasteiger partial charge on any atom is -0.396 e. The predicted octanol–water partition coefficient (Wildman–Crippen LogP) is 2.48. The maximum absolute atomic E-state index is 8.68. The van der Waals surface area contributed by atoms with Crippen molar-refractivity contribution in [3.8, 4) is 0 Å². The summed E-state index contributed by atoms with van der Waals surface area (Å²) in [6.45, 7) is 6.77. The Morgan fingerprint density at radius 2 is 2.06 bits per heavy atom. The topological polar surface area (TPSA) is 41.5 Å². The van der Waals surface area contributed by atoms with Crippen molar-refractivity contribution in [3.05, 3.63) is 0 Å². The van der Waals surface area contributed by atoms with Crippen LogP contribution in [0.25, 0.3) is 0 Å². The van der Waals surface area contributed by atoms with Gasteiger partial charge in [-0.25, -0.2) is 0 Å². The molecule has 0 aromatic heterocycles. The van der Waals surface area contributed by atoms with Crippen LogP contribution < -0.4 is 5.32 Å². The van der Waals surface area contributed by atoms with E-state index in [1.807, 2.05) is 0 Å². The van der Waals surface area contributed by atoms with Crippen LogP contribution in [0.2, 0.25) is 0 Å². The van der Waals surface area contributed by atoms with Gasteiger partial charge in [0.25, 0.3) is 0 Å². The van der Waals surface area contributed by atoms with Crippen molar-refractivity contribution in [2.24, 2.45) is 0 Å². The van der Waals surface area contributed by atoms with Gasteiger partial charge in [0.1, 0.15) is 0 Å². The minimum atomic E-state index is 0.0901. The third-order valence-corrected chi connectivity index (χ3v) is 3.86. The van der Waals surface area contributed by atoms with Crippen LogP contribution in [0.3, 0.4) is 0 Å². The van der Waals surface area contributed by atoms with E-state index < -0.39 is 0 Å². The van der Waals surface area contributed by atoms with E-state index >= 15 is 0 Å². The third kappa shape index (κ3) is 5.84. The van der Waals surface area contributed by atoms with Crippen LogP contribution in [0.1, 0.15) is 58.8 Å². The molecule has 0 aromatic carbocycles. The molecule has 1 heterocycles. The molecule has 1 aliphatic heterocycles. The van der Waals surface area contributed by atoms with Crippen molar-refractivity contribution >= 4 is 0 Å². The zero-order valence-electron chi connectivity index (χ0n) is 11.5. The van der Waals surface area contributed by atoms with E-state index in [-0.39, 0.29) is 5.60 Å². The Bertz CT molecular complexity index is 199. The van der Waals surface area contributed by atoms with Crippen molar-refractivity contribution in [1.82, 2.24) is 5.32 Å². The van der Waals surface area contributed by atoms with Gasteiger partial charge in [-0.15, -0.1) is 0 Å². The fraction of sp³-hybridized carbons (Fsp3) is 1.00. The molecule has 1 saturated heterocycles. The molecule has 102 valence electrons. The first kappa shape index (κ1) is 14.9. The number of ether oxygens (including phenoxy) is 1. The van der Waals surface area contributed by atoms with E-state index in [1.165, 1.54) is 12.8 Å². The minimum absolute atomic E-state index is 0.0901. The first-order valence-electron chi connectivity index (χ1n) is 7.18. The van der Waals surface area contributed by atoms with Crippen LogP contribution in [0.4, 0.5) is 0 Å². The highest BCUT2D eigenvalue weighted by atomic mass is 16.5. The van der Waals surface area contributed by atoms with Gasteiger partial charge in [-0.2, -0.15) is 0 Å². The number of aliphatic hydroxyl groups excluding tert-OH is 1. The Hall–Kier alpha value is -0.120. The van der Waals surface area contributed by atoms with Crippen molar-refractivity contribution in [2.45, 2.75) is 70.4 Å². The van der Waals surface area contributed by atoms with Gasteiger partial charge < -0.3 is 15.2 Å². The SMILES string of the molecule is CCC1(C)CC(NCCCCCCO)CCO1. The molecule has 0 amide bonds. The molecule has 1 aliphatic rings. The second kappa shape index (κ2) is 8.06. The number of rotatable bonds is 8. The smallest absolute Gasteiger partial charge is 0.0666 e. The molecule has 0 bridgehead atoms. The molecular formula is C14H29NO2. The Morgan fingerprint density at radius 3 is 2.76 bits per heavy atom. The molecule has 3 nitrogen and oxygen atoms in total. The average molecular weight is 243 g/mol. The predicted molar refractivity (Wildman–Crippen MR) is 71.2 cm³/mol. The van der Waals surface area contributed by atoms with E-state index in [0.29, 0.717) is 12.6 Å². The monoisotopic (exact) mass is 243 g/mol. The summed E-state index contributed by atoms with van der Waals surface area (Å²) in [5.41, 5.74) is 0.0901. The molecule has 17 heavy (non-hydrogen) atoms. The quantitative estimate of drug-likeness (QED) is 0.644. The number of hydrogen-bond donors (Lipinski definition) is 2. The molecular weight excluding hydrogens is 214 g/mol. The number of aliphatic hydroxyl groups is 1. The molecule has 0 aliphatic carbocycles. The van der Waals surface area contributed by atoms with Crippen LogP contribution in [-0.4, -0.2) is 36.5 Å². The van der Waals surface area contributed by atoms with Gasteiger partial charge in [-0.05, 0) is 45.6 Å². The maximum atomic E-state index is 8.68. The fourth-order valence-electron chi connectivity index (χ4n) is 2.45. The van der Waals surface area contributed by atoms with E-state index in [2.05, 4.69) is 19.2 Å². The summed E-state index contributed by atoms with van der Waals surface area (Å²) in [5.74, 6) is 0. The van der Waals surface area contributed by atoms with Gasteiger partial charge in [-0.1, -0.05) is 19.8 Å². The van der Waals surface area contributed by atoms with Gasteiger partial charge in [0, 0.05) is 19.3 Å². The standard InChI is InChI=1S/C14H29NO2/c1-3-14(2)12-13(8-11-17-14)15-9-6-4-5-7-10-16/h13,15-16H,3-12H2,1-2H3. The average Bonchev–Trinajstić information content (AvgIpc) is 2.34. The number of hydrogen-bond acceptors (Lipinski definition) is 3. The Balaban J connectivity index is 2.06. The highest BCUT2D eigenvalue weighted by molar-refractivity contribution is 4.85. The van der Waals surface area contributed by atoms with Crippen molar-refractivity contribution in [2.75, 3.05) is 19.8 Å². The molecule has 2 atom stereocenters. The molecule has 2 N–H and O–H groups in total. The summed E-state index contributed by atoms with van der Waals surface area (Å²) in [6, 6.07) is 0.631. The fourth-order valence-corrected chi connectivity index (χ4v) is 2.45. The Morgan fingerprint density at radius 1 is 1.29 bits per heavy atom. The van der Waals surface area contributed by atoms with Crippen LogP contribution in [0, 0.1) is 0 Å². The van der Waals surface area contributed by atoms with Crippen molar-refractivity contribution in [1.29, 1.82) is 0 Å². The lowest BCUT2D eigenvalue weighted by Crippen LogP contribution is -2.45. The first-order chi connectivity index (χ1) is 8.20. The maximum Gasteiger partial charge on any atom is 0.0666 e. The normalized spacial score (nSPS) is 29.5. The summed E-state index contributed by atoms with van der Waals surface area (Å²) in [7, 11) is 0. The van der Waals surface area contributed by atoms with Gasteiger partial charge in [0.15, 0.2) is 0 Å². The van der Waals surface area contributed by atoms with Crippen molar-refractivity contribution < 1.29 is 9.84 Å². The van der Waals surface area contributed by atoms with Crippen LogP contribution >= 0.6 is 0 Å². The summed E-state index contributed by atoms with van der Waals surface area (Å²) < 4.78 is 5.84. The third-order valence-electron chi connectivity index (χ3n) is 3.86. The molecule has 1 rings (SSSR count). The van der Waals surface area contributed by atoms with Gasteiger partial charge in [0.2, 0.25) is 0 Å². The molecule has 3 heteroatoms. The Kier molecular flexibility index (Phi) is 7.09. The van der Waals surface area contributed by atoms with Crippen LogP contribution in [0.15, 0.2) is 0 Å². The number of nitrogens with one attached hydrogen (secondary N) is 1. The van der Waals surface area contributed by atoms with Crippen LogP contribution in [-0.2, 0) is 4.74 Å². The van der Waals surface area contributed by atoms with E-state index in [9.17, 15) is 0 Å². The number of unbranched alkanes of at least 4 members (excludes halogenated alkanes) is 3. The van der Waals surface area contributed by atoms with Gasteiger partial charge in [-0.3, -0.25) is 0 Å². The molecule has 0 radical (unpaired) electrons. The summed E-state index contributed by atoms with van der Waals surface area (Å²) >= 11 is 0. The summed E-state index contributed by atoms with van der Waals surface area (Å²) in [4.78, 5) is 0. The zero-order chi connectivity index (χ0) is 12.6. The Labute approximate surface area is 106 Å².